The Morgan fingerprint density at radius 1 is 1.67 bits per heavy atom. The van der Waals surface area contributed by atoms with Gasteiger partial charge in [0, 0.05) is 13.2 Å². The third-order valence-corrected chi connectivity index (χ3v) is 2.22. The van der Waals surface area contributed by atoms with E-state index in [2.05, 4.69) is 15.3 Å². The predicted molar refractivity (Wildman–Crippen MR) is 56.2 cm³/mol. The van der Waals surface area contributed by atoms with Crippen LogP contribution in [0.25, 0.3) is 5.78 Å². The lowest BCUT2D eigenvalue weighted by atomic mass is 10.5. The van der Waals surface area contributed by atoms with Crippen molar-refractivity contribution in [2.24, 2.45) is 0 Å². The number of nitrogens with zero attached hydrogens (tertiary/aromatic N) is 2. The lowest BCUT2D eigenvalue weighted by Crippen LogP contribution is -2.13. The van der Waals surface area contributed by atoms with Gasteiger partial charge in [0.25, 0.3) is 5.56 Å². The van der Waals surface area contributed by atoms with E-state index in [1.807, 2.05) is 0 Å². The third kappa shape index (κ3) is 1.61. The molecular formula is C8H7FN4OS. The fourth-order valence-corrected chi connectivity index (χ4v) is 1.44. The minimum atomic E-state index is -0.687. The topological polar surface area (TPSA) is 62.2 Å². The molecule has 0 radical (unpaired) electrons. The van der Waals surface area contributed by atoms with Crippen LogP contribution in [0.5, 0.6) is 0 Å². The summed E-state index contributed by atoms with van der Waals surface area (Å²) in [6, 6.07) is 0.844. The molecule has 0 atom stereocenters. The van der Waals surface area contributed by atoms with Crippen LogP contribution in [0, 0.1) is 10.6 Å². The Bertz CT molecular complexity index is 633. The van der Waals surface area contributed by atoms with Gasteiger partial charge in [0.1, 0.15) is 0 Å². The highest BCUT2D eigenvalue weighted by molar-refractivity contribution is 7.71. The number of hydrogen-bond donors (Lipinski definition) is 2. The molecule has 2 heterocycles. The fourth-order valence-electron chi connectivity index (χ4n) is 1.20. The van der Waals surface area contributed by atoms with Crippen LogP contribution in [0.15, 0.2) is 17.1 Å². The fraction of sp³-hybridized carbons (Fsp3) is 0.125. The Morgan fingerprint density at radius 3 is 3.07 bits per heavy atom. The zero-order valence-corrected chi connectivity index (χ0v) is 8.56. The van der Waals surface area contributed by atoms with Gasteiger partial charge in [-0.25, -0.2) is 4.98 Å². The Hall–Kier alpha value is -1.76. The highest BCUT2D eigenvalue weighted by atomic mass is 32.1. The van der Waals surface area contributed by atoms with Crippen LogP contribution >= 0.6 is 12.2 Å². The molecule has 0 spiro atoms. The summed E-state index contributed by atoms with van der Waals surface area (Å²) in [5, 5.41) is 2.78. The molecule has 15 heavy (non-hydrogen) atoms. The first-order valence-corrected chi connectivity index (χ1v) is 4.52. The molecule has 0 aliphatic heterocycles. The molecule has 0 fully saturated rings. The number of nitrogens with one attached hydrogen (secondary N) is 2. The predicted octanol–water partition coefficient (Wildman–Crippen LogP) is 0.933. The zero-order valence-electron chi connectivity index (χ0n) is 7.74. The standard InChI is InChI=1S/C8H7FN4OS/c1-10-4-3-13-5(9)2-6(14)11-8(13)12-7(4)15/h2-3,10H,1H3,(H,11,12,14,15). The van der Waals surface area contributed by atoms with Gasteiger partial charge < -0.3 is 5.32 Å². The maximum absolute atomic E-state index is 13.3. The molecule has 0 saturated heterocycles. The van der Waals surface area contributed by atoms with E-state index in [9.17, 15) is 9.18 Å². The van der Waals surface area contributed by atoms with Crippen LogP contribution < -0.4 is 10.9 Å². The van der Waals surface area contributed by atoms with Gasteiger partial charge in [0.15, 0.2) is 4.64 Å². The normalized spacial score (nSPS) is 10.5. The highest BCUT2D eigenvalue weighted by Gasteiger charge is 2.04. The maximum atomic E-state index is 13.3. The molecule has 2 aromatic heterocycles. The van der Waals surface area contributed by atoms with Crippen LogP contribution in [0.1, 0.15) is 0 Å². The summed E-state index contributed by atoms with van der Waals surface area (Å²) in [5.41, 5.74) is -0.0277. The third-order valence-electron chi connectivity index (χ3n) is 1.91. The van der Waals surface area contributed by atoms with Crippen molar-refractivity contribution in [1.29, 1.82) is 0 Å². The molecule has 0 bridgehead atoms. The van der Waals surface area contributed by atoms with Crippen LogP contribution in [0.3, 0.4) is 0 Å². The molecule has 7 heteroatoms. The Labute approximate surface area is 88.6 Å². The van der Waals surface area contributed by atoms with Gasteiger partial charge in [-0.1, -0.05) is 12.2 Å². The first-order chi connectivity index (χ1) is 7.11. The number of halogens is 1. The van der Waals surface area contributed by atoms with Crippen LogP contribution in [0.2, 0.25) is 0 Å². The van der Waals surface area contributed by atoms with Crippen molar-refractivity contribution >= 4 is 23.7 Å². The van der Waals surface area contributed by atoms with Gasteiger partial charge in [0.2, 0.25) is 11.7 Å². The number of fused-ring (bicyclic) bond motifs is 1. The molecule has 0 aliphatic carbocycles. The molecule has 5 nitrogen and oxygen atoms in total. The number of aromatic amines is 1. The molecule has 0 saturated carbocycles. The molecule has 0 amide bonds. The van der Waals surface area contributed by atoms with Crippen LogP contribution in [-0.2, 0) is 0 Å². The first kappa shape index (κ1) is 9.78. The van der Waals surface area contributed by atoms with E-state index in [-0.39, 0.29) is 10.4 Å². The lowest BCUT2D eigenvalue weighted by Gasteiger charge is -2.04. The minimum absolute atomic E-state index is 0.0870. The Morgan fingerprint density at radius 2 is 2.40 bits per heavy atom. The number of hydrogen-bond acceptors (Lipinski definition) is 4. The summed E-state index contributed by atoms with van der Waals surface area (Å²) >= 11 is 4.93. The molecule has 0 unspecified atom stereocenters. The van der Waals surface area contributed by atoms with Gasteiger partial charge in [-0.3, -0.25) is 14.2 Å². The molecule has 2 aromatic rings. The van der Waals surface area contributed by atoms with Crippen molar-refractivity contribution in [2.75, 3.05) is 12.4 Å². The van der Waals surface area contributed by atoms with Gasteiger partial charge >= 0.3 is 0 Å². The van der Waals surface area contributed by atoms with Gasteiger partial charge in [-0.05, 0) is 0 Å². The van der Waals surface area contributed by atoms with E-state index in [0.29, 0.717) is 5.69 Å². The van der Waals surface area contributed by atoms with E-state index in [4.69, 9.17) is 12.2 Å². The van der Waals surface area contributed by atoms with Crippen LogP contribution in [-0.4, -0.2) is 21.4 Å². The first-order valence-electron chi connectivity index (χ1n) is 4.12. The SMILES string of the molecule is CNc1cn2c(F)cc(=O)[nH]c2nc1=S. The monoisotopic (exact) mass is 226 g/mol. The summed E-state index contributed by atoms with van der Waals surface area (Å²) in [5.74, 6) is -0.600. The molecule has 0 aromatic carbocycles. The zero-order chi connectivity index (χ0) is 11.0. The van der Waals surface area contributed by atoms with Crippen molar-refractivity contribution < 1.29 is 4.39 Å². The van der Waals surface area contributed by atoms with E-state index < -0.39 is 11.5 Å². The van der Waals surface area contributed by atoms with E-state index in [1.165, 1.54) is 6.20 Å². The van der Waals surface area contributed by atoms with Crippen molar-refractivity contribution in [3.63, 3.8) is 0 Å². The maximum Gasteiger partial charge on any atom is 0.255 e. The Balaban J connectivity index is 2.94. The summed E-state index contributed by atoms with van der Waals surface area (Å²) in [4.78, 5) is 17.2. The Kier molecular flexibility index (Phi) is 2.24. The lowest BCUT2D eigenvalue weighted by molar-refractivity contribution is 0.558. The van der Waals surface area contributed by atoms with Crippen molar-refractivity contribution in [3.8, 4) is 0 Å². The smallest absolute Gasteiger partial charge is 0.255 e. The van der Waals surface area contributed by atoms with Gasteiger partial charge in [-0.2, -0.15) is 4.39 Å². The second-order valence-electron chi connectivity index (χ2n) is 2.86. The number of aromatic nitrogens is 3. The molecule has 2 rings (SSSR count). The molecule has 78 valence electrons. The summed E-state index contributed by atoms with van der Waals surface area (Å²) in [6.45, 7) is 0. The number of anilines is 1. The molecular weight excluding hydrogens is 219 g/mol. The van der Waals surface area contributed by atoms with E-state index >= 15 is 0 Å². The highest BCUT2D eigenvalue weighted by Crippen LogP contribution is 2.08. The largest absolute Gasteiger partial charge is 0.384 e. The van der Waals surface area contributed by atoms with E-state index in [1.54, 1.807) is 7.05 Å². The van der Waals surface area contributed by atoms with Gasteiger partial charge in [-0.15, -0.1) is 0 Å². The van der Waals surface area contributed by atoms with Crippen molar-refractivity contribution in [2.45, 2.75) is 0 Å². The van der Waals surface area contributed by atoms with Crippen LogP contribution in [0.4, 0.5) is 10.1 Å². The average Bonchev–Trinajstić information content (AvgIpc) is 2.16. The summed E-state index contributed by atoms with van der Waals surface area (Å²) < 4.78 is 14.7. The summed E-state index contributed by atoms with van der Waals surface area (Å²) in [7, 11) is 1.66. The summed E-state index contributed by atoms with van der Waals surface area (Å²) in [6.07, 6.45) is 1.44. The van der Waals surface area contributed by atoms with Crippen molar-refractivity contribution in [3.05, 3.63) is 33.2 Å². The number of H-pyrrole nitrogens is 1. The molecule has 2 N–H and O–H groups in total. The number of rotatable bonds is 1. The second kappa shape index (κ2) is 3.43. The minimum Gasteiger partial charge on any atom is -0.384 e. The van der Waals surface area contributed by atoms with Gasteiger partial charge in [0.05, 0.1) is 11.8 Å². The average molecular weight is 226 g/mol. The molecule has 0 aliphatic rings. The van der Waals surface area contributed by atoms with E-state index in [0.717, 1.165) is 10.5 Å². The quantitative estimate of drug-likeness (QED) is 0.561. The second-order valence-corrected chi connectivity index (χ2v) is 3.25. The van der Waals surface area contributed by atoms with Crippen molar-refractivity contribution in [1.82, 2.24) is 14.4 Å².